The zero-order valence-electron chi connectivity index (χ0n) is 15.9. The number of nitrogens with one attached hydrogen (secondary N) is 1. The Morgan fingerprint density at radius 1 is 1.11 bits per heavy atom. The SMILES string of the molecule is C[C@](O)(CNC(=O)C1(c2ccccc2)CCOCC1)c1ccc2c(c1)OCO2. The second kappa shape index (κ2) is 7.45. The third-order valence-electron chi connectivity index (χ3n) is 5.70. The first-order chi connectivity index (χ1) is 13.5. The number of hydrogen-bond acceptors (Lipinski definition) is 5. The van der Waals surface area contributed by atoms with E-state index in [2.05, 4.69) is 5.32 Å². The second-order valence-electron chi connectivity index (χ2n) is 7.59. The van der Waals surface area contributed by atoms with Crippen molar-refractivity contribution in [1.82, 2.24) is 5.32 Å². The summed E-state index contributed by atoms with van der Waals surface area (Å²) in [5.41, 5.74) is -0.222. The average Bonchev–Trinajstić information content (AvgIpc) is 3.21. The molecule has 0 spiro atoms. The van der Waals surface area contributed by atoms with E-state index >= 15 is 0 Å². The van der Waals surface area contributed by atoms with Crippen molar-refractivity contribution >= 4 is 5.91 Å². The van der Waals surface area contributed by atoms with Gasteiger partial charge in [0.25, 0.3) is 0 Å². The Bertz CT molecular complexity index is 843. The Kier molecular flexibility index (Phi) is 5.00. The molecule has 28 heavy (non-hydrogen) atoms. The zero-order chi connectivity index (χ0) is 19.6. The van der Waals surface area contributed by atoms with Gasteiger partial charge in [-0.15, -0.1) is 0 Å². The molecule has 2 aliphatic heterocycles. The van der Waals surface area contributed by atoms with Crippen LogP contribution < -0.4 is 14.8 Å². The molecular formula is C22H25NO5. The quantitative estimate of drug-likeness (QED) is 0.830. The smallest absolute Gasteiger partial charge is 0.231 e. The number of benzene rings is 2. The summed E-state index contributed by atoms with van der Waals surface area (Å²) in [6, 6.07) is 15.1. The molecule has 1 saturated heterocycles. The van der Waals surface area contributed by atoms with Gasteiger partial charge in [-0.25, -0.2) is 0 Å². The van der Waals surface area contributed by atoms with Gasteiger partial charge in [-0.1, -0.05) is 36.4 Å². The van der Waals surface area contributed by atoms with Crippen LogP contribution in [0.5, 0.6) is 11.5 Å². The van der Waals surface area contributed by atoms with Crippen LogP contribution in [0.3, 0.4) is 0 Å². The Morgan fingerprint density at radius 3 is 2.57 bits per heavy atom. The molecule has 2 N–H and O–H groups in total. The van der Waals surface area contributed by atoms with Crippen LogP contribution in [0.15, 0.2) is 48.5 Å². The standard InChI is InChI=1S/C22H25NO5/c1-21(25,17-7-8-18-19(13-17)28-15-27-18)14-23-20(24)22(9-11-26-12-10-22)16-5-3-2-4-6-16/h2-8,13,25H,9-12,14-15H2,1H3,(H,23,24)/t21-/m0/s1. The third-order valence-corrected chi connectivity index (χ3v) is 5.70. The highest BCUT2D eigenvalue weighted by Crippen LogP contribution is 2.37. The van der Waals surface area contributed by atoms with Crippen molar-refractivity contribution in [3.05, 3.63) is 59.7 Å². The van der Waals surface area contributed by atoms with Crippen molar-refractivity contribution in [3.8, 4) is 11.5 Å². The van der Waals surface area contributed by atoms with Gasteiger partial charge in [-0.2, -0.15) is 0 Å². The minimum atomic E-state index is -1.24. The fraction of sp³-hybridized carbons (Fsp3) is 0.409. The molecule has 2 aromatic carbocycles. The van der Waals surface area contributed by atoms with E-state index in [1.54, 1.807) is 25.1 Å². The van der Waals surface area contributed by atoms with Crippen molar-refractivity contribution < 1.29 is 24.1 Å². The lowest BCUT2D eigenvalue weighted by Crippen LogP contribution is -2.51. The van der Waals surface area contributed by atoms with E-state index in [-0.39, 0.29) is 19.2 Å². The van der Waals surface area contributed by atoms with Crippen LogP contribution in [-0.2, 0) is 20.5 Å². The normalized spacial score (nSPS) is 19.6. The summed E-state index contributed by atoms with van der Waals surface area (Å²) in [7, 11) is 0. The Morgan fingerprint density at radius 2 is 1.82 bits per heavy atom. The fourth-order valence-electron chi connectivity index (χ4n) is 3.88. The highest BCUT2D eigenvalue weighted by atomic mass is 16.7. The first-order valence-corrected chi connectivity index (χ1v) is 9.55. The third kappa shape index (κ3) is 3.45. The first kappa shape index (κ1) is 18.8. The molecule has 2 aromatic rings. The Balaban J connectivity index is 1.51. The lowest BCUT2D eigenvalue weighted by molar-refractivity contribution is -0.131. The summed E-state index contributed by atoms with van der Waals surface area (Å²) in [5.74, 6) is 1.19. The van der Waals surface area contributed by atoms with Crippen LogP contribution in [-0.4, -0.2) is 37.6 Å². The topological polar surface area (TPSA) is 77.0 Å². The highest BCUT2D eigenvalue weighted by molar-refractivity contribution is 5.88. The maximum absolute atomic E-state index is 13.3. The van der Waals surface area contributed by atoms with Gasteiger partial charge in [-0.3, -0.25) is 4.79 Å². The molecular weight excluding hydrogens is 358 g/mol. The second-order valence-corrected chi connectivity index (χ2v) is 7.59. The number of carbonyl (C=O) groups excluding carboxylic acids is 1. The van der Waals surface area contributed by atoms with Crippen molar-refractivity contribution in [1.29, 1.82) is 0 Å². The molecule has 1 amide bonds. The van der Waals surface area contributed by atoms with Gasteiger partial charge < -0.3 is 24.6 Å². The maximum Gasteiger partial charge on any atom is 0.231 e. The van der Waals surface area contributed by atoms with E-state index in [1.165, 1.54) is 0 Å². The van der Waals surface area contributed by atoms with Crippen LogP contribution in [0, 0.1) is 0 Å². The molecule has 2 heterocycles. The summed E-state index contributed by atoms with van der Waals surface area (Å²) in [6.07, 6.45) is 1.24. The van der Waals surface area contributed by atoms with E-state index in [9.17, 15) is 9.90 Å². The van der Waals surface area contributed by atoms with E-state index in [1.807, 2.05) is 30.3 Å². The highest BCUT2D eigenvalue weighted by Gasteiger charge is 2.42. The minimum absolute atomic E-state index is 0.0805. The molecule has 4 rings (SSSR count). The summed E-state index contributed by atoms with van der Waals surface area (Å²) in [4.78, 5) is 13.3. The molecule has 0 aromatic heterocycles. The minimum Gasteiger partial charge on any atom is -0.454 e. The Labute approximate surface area is 164 Å². The number of carbonyl (C=O) groups is 1. The number of fused-ring (bicyclic) bond motifs is 1. The fourth-order valence-corrected chi connectivity index (χ4v) is 3.88. The van der Waals surface area contributed by atoms with Crippen LogP contribution in [0.4, 0.5) is 0 Å². The van der Waals surface area contributed by atoms with Crippen LogP contribution in [0.1, 0.15) is 30.9 Å². The van der Waals surface area contributed by atoms with Crippen molar-refractivity contribution in [2.45, 2.75) is 30.8 Å². The van der Waals surface area contributed by atoms with Gasteiger partial charge in [0.05, 0.1) is 12.0 Å². The van der Waals surface area contributed by atoms with Gasteiger partial charge in [0.1, 0.15) is 5.60 Å². The lowest BCUT2D eigenvalue weighted by atomic mass is 9.73. The van der Waals surface area contributed by atoms with E-state index in [0.29, 0.717) is 43.1 Å². The molecule has 0 radical (unpaired) electrons. The lowest BCUT2D eigenvalue weighted by Gasteiger charge is -2.37. The molecule has 6 heteroatoms. The molecule has 2 aliphatic rings. The van der Waals surface area contributed by atoms with Gasteiger partial charge in [0.15, 0.2) is 11.5 Å². The molecule has 0 unspecified atom stereocenters. The van der Waals surface area contributed by atoms with Gasteiger partial charge in [0.2, 0.25) is 12.7 Å². The first-order valence-electron chi connectivity index (χ1n) is 9.55. The van der Waals surface area contributed by atoms with Crippen LogP contribution >= 0.6 is 0 Å². The van der Waals surface area contributed by atoms with Crippen molar-refractivity contribution in [2.24, 2.45) is 0 Å². The van der Waals surface area contributed by atoms with Gasteiger partial charge in [-0.05, 0) is 43.0 Å². The summed E-state index contributed by atoms with van der Waals surface area (Å²) < 4.78 is 16.2. The summed E-state index contributed by atoms with van der Waals surface area (Å²) in [5, 5.41) is 14.0. The van der Waals surface area contributed by atoms with Crippen LogP contribution in [0.25, 0.3) is 0 Å². The zero-order valence-corrected chi connectivity index (χ0v) is 15.9. The molecule has 1 fully saturated rings. The van der Waals surface area contributed by atoms with Crippen molar-refractivity contribution in [3.63, 3.8) is 0 Å². The summed E-state index contributed by atoms with van der Waals surface area (Å²) >= 11 is 0. The van der Waals surface area contributed by atoms with Gasteiger partial charge in [0, 0.05) is 13.2 Å². The molecule has 1 atom stereocenters. The summed E-state index contributed by atoms with van der Waals surface area (Å²) in [6.45, 7) is 3.05. The molecule has 148 valence electrons. The predicted octanol–water partition coefficient (Wildman–Crippen LogP) is 2.49. The van der Waals surface area contributed by atoms with Gasteiger partial charge >= 0.3 is 0 Å². The molecule has 0 bridgehead atoms. The van der Waals surface area contributed by atoms with E-state index in [0.717, 1.165) is 5.56 Å². The number of ether oxygens (including phenoxy) is 3. The monoisotopic (exact) mass is 383 g/mol. The van der Waals surface area contributed by atoms with E-state index < -0.39 is 11.0 Å². The predicted molar refractivity (Wildman–Crippen MR) is 103 cm³/mol. The molecule has 6 nitrogen and oxygen atoms in total. The average molecular weight is 383 g/mol. The molecule has 0 aliphatic carbocycles. The molecule has 0 saturated carbocycles. The van der Waals surface area contributed by atoms with E-state index in [4.69, 9.17) is 14.2 Å². The van der Waals surface area contributed by atoms with Crippen LogP contribution in [0.2, 0.25) is 0 Å². The van der Waals surface area contributed by atoms with Crippen molar-refractivity contribution in [2.75, 3.05) is 26.6 Å². The number of aliphatic hydroxyl groups is 1. The number of hydrogen-bond donors (Lipinski definition) is 2. The number of amides is 1. The maximum atomic E-state index is 13.3. The number of rotatable bonds is 5. The Hall–Kier alpha value is -2.57. The largest absolute Gasteiger partial charge is 0.454 e.